The molecule has 1 saturated heterocycles. The highest BCUT2D eigenvalue weighted by Crippen LogP contribution is 2.47. The number of amides is 1. The molecule has 0 radical (unpaired) electrons. The molecule has 48 heavy (non-hydrogen) atoms. The average Bonchev–Trinajstić information content (AvgIpc) is 3.86. The molecule has 10 nitrogen and oxygen atoms in total. The number of esters is 1. The number of hydrogen-bond acceptors (Lipinski definition) is 10. The summed E-state index contributed by atoms with van der Waals surface area (Å²) in [4.78, 5) is 40.6. The number of anilines is 1. The van der Waals surface area contributed by atoms with Crippen LogP contribution in [0.2, 0.25) is 0 Å². The van der Waals surface area contributed by atoms with E-state index in [1.807, 2.05) is 26.0 Å². The molecule has 0 saturated carbocycles. The SMILES string of the molecule is CCC1=C(C)C2=NC1=CC1=C(C)C3=C(O)CC(=C4NC(=CC5=NC(=C2)C(c2cc(C(N)=O)c(N)s2)=C5C)[C@@H](C)[C@@H]4CCC(=O)OC)C3=N1. The Morgan fingerprint density at radius 2 is 1.77 bits per heavy atom. The molecule has 2 atom stereocenters. The Morgan fingerprint density at radius 1 is 1.04 bits per heavy atom. The third-order valence-corrected chi connectivity index (χ3v) is 11.2. The van der Waals surface area contributed by atoms with Gasteiger partial charge in [0.05, 0.1) is 51.9 Å². The van der Waals surface area contributed by atoms with Gasteiger partial charge in [0, 0.05) is 57.7 Å². The van der Waals surface area contributed by atoms with Crippen LogP contribution in [-0.2, 0) is 9.53 Å². The fraction of sp³-hybridized carbons (Fsp3) is 0.324. The van der Waals surface area contributed by atoms with E-state index in [0.717, 1.165) is 95.9 Å². The highest BCUT2D eigenvalue weighted by atomic mass is 32.1. The normalized spacial score (nSPS) is 23.0. The fourth-order valence-corrected chi connectivity index (χ4v) is 8.56. The van der Waals surface area contributed by atoms with E-state index >= 15 is 0 Å². The lowest BCUT2D eigenvalue weighted by Gasteiger charge is -2.17. The van der Waals surface area contributed by atoms with E-state index < -0.39 is 5.91 Å². The summed E-state index contributed by atoms with van der Waals surface area (Å²) in [5.74, 6) is -0.599. The second-order valence-electron chi connectivity index (χ2n) is 12.9. The number of carbonyl (C=O) groups excluding carboxylic acids is 2. The fourth-order valence-electron chi connectivity index (χ4n) is 7.51. The van der Waals surface area contributed by atoms with E-state index in [1.54, 1.807) is 6.07 Å². The number of thiophene rings is 1. The van der Waals surface area contributed by atoms with Gasteiger partial charge in [-0.15, -0.1) is 11.3 Å². The minimum atomic E-state index is -0.577. The summed E-state index contributed by atoms with van der Waals surface area (Å²) in [7, 11) is 1.40. The smallest absolute Gasteiger partial charge is 0.305 e. The molecule has 6 N–H and O–H groups in total. The van der Waals surface area contributed by atoms with Gasteiger partial charge in [0.1, 0.15) is 5.76 Å². The van der Waals surface area contributed by atoms with Crippen molar-refractivity contribution in [2.24, 2.45) is 32.5 Å². The monoisotopic (exact) mass is 662 g/mol. The molecule has 6 aliphatic rings. The number of nitrogens with zero attached hydrogens (tertiary/aromatic N) is 3. The van der Waals surface area contributed by atoms with E-state index in [2.05, 4.69) is 32.2 Å². The third kappa shape index (κ3) is 4.87. The van der Waals surface area contributed by atoms with Crippen LogP contribution in [0.1, 0.15) is 75.5 Å². The number of primary amides is 1. The molecule has 1 aliphatic carbocycles. The number of nitrogens with one attached hydrogen (secondary N) is 1. The van der Waals surface area contributed by atoms with Gasteiger partial charge in [-0.05, 0) is 80.2 Å². The van der Waals surface area contributed by atoms with Gasteiger partial charge in [0.25, 0.3) is 5.91 Å². The summed E-state index contributed by atoms with van der Waals surface area (Å²) in [6.45, 7) is 10.3. The maximum absolute atomic E-state index is 12.3. The second-order valence-corrected chi connectivity index (χ2v) is 13.9. The van der Waals surface area contributed by atoms with Crippen molar-refractivity contribution < 1.29 is 19.4 Å². The van der Waals surface area contributed by atoms with Crippen LogP contribution >= 0.6 is 11.3 Å². The predicted octanol–water partition coefficient (Wildman–Crippen LogP) is 6.51. The Labute approximate surface area is 283 Å². The molecule has 1 aromatic heterocycles. The molecule has 7 rings (SSSR count). The Bertz CT molecular complexity index is 2110. The van der Waals surface area contributed by atoms with Gasteiger partial charge in [0.2, 0.25) is 0 Å². The number of rotatable bonds is 6. The molecule has 11 heteroatoms. The van der Waals surface area contributed by atoms with Crippen LogP contribution in [0.15, 0.2) is 107 Å². The zero-order valence-electron chi connectivity index (χ0n) is 27.9. The molecule has 0 unspecified atom stereocenters. The third-order valence-electron chi connectivity index (χ3n) is 10.2. The topological polar surface area (TPSA) is 165 Å². The van der Waals surface area contributed by atoms with E-state index in [9.17, 15) is 14.7 Å². The number of methoxy groups -OCH3 is 1. The summed E-state index contributed by atoms with van der Waals surface area (Å²) in [5.41, 5.74) is 25.3. The highest BCUT2D eigenvalue weighted by Gasteiger charge is 2.41. The van der Waals surface area contributed by atoms with Crippen LogP contribution in [-0.4, -0.2) is 41.2 Å². The molecule has 0 aromatic carbocycles. The Balaban J connectivity index is 1.47. The maximum Gasteiger partial charge on any atom is 0.305 e. The lowest BCUT2D eigenvalue weighted by atomic mass is 9.86. The van der Waals surface area contributed by atoms with E-state index in [4.69, 9.17) is 31.2 Å². The number of nitrogens with two attached hydrogens (primary N) is 2. The van der Waals surface area contributed by atoms with Gasteiger partial charge < -0.3 is 26.6 Å². The first-order chi connectivity index (χ1) is 22.9. The van der Waals surface area contributed by atoms with Crippen molar-refractivity contribution in [1.82, 2.24) is 5.32 Å². The van der Waals surface area contributed by atoms with Gasteiger partial charge in [-0.1, -0.05) is 13.8 Å². The number of fused-ring (bicyclic) bond motifs is 5. The first kappa shape index (κ1) is 31.6. The van der Waals surface area contributed by atoms with Crippen LogP contribution in [0.4, 0.5) is 5.00 Å². The molecule has 0 spiro atoms. The van der Waals surface area contributed by atoms with Gasteiger partial charge in [0.15, 0.2) is 0 Å². The standard InChI is InChI=1S/C37H38N6O4S/c1-7-19-15(2)23-14-28-32(30-11-22(36(38)46)37(39)48-30)17(4)25(41-28)12-24-16(3)20(8-9-31(45)47-6)34(42-24)21-10-29(44)33-18(5)26(43-35(21)33)13-27(19)40-23/h11-14,16,20,42,44H,7-10,39H2,1-6H3,(H2,38,46)/t16-,20-/m0/s1. The van der Waals surface area contributed by atoms with Crippen LogP contribution in [0, 0.1) is 11.8 Å². The quantitative estimate of drug-likeness (QED) is 0.254. The number of carbonyl (C=O) groups is 2. The minimum Gasteiger partial charge on any atom is -0.511 e. The van der Waals surface area contributed by atoms with Crippen molar-refractivity contribution in [1.29, 1.82) is 0 Å². The number of aliphatic imine (C=N–C) groups is 3. The lowest BCUT2D eigenvalue weighted by Crippen LogP contribution is -2.16. The maximum atomic E-state index is 12.3. The minimum absolute atomic E-state index is 0.000170. The Kier molecular flexibility index (Phi) is 7.62. The number of aliphatic hydroxyl groups excluding tert-OH is 1. The number of allylic oxidation sites excluding steroid dienone is 12. The molecule has 6 heterocycles. The van der Waals surface area contributed by atoms with Gasteiger partial charge in [-0.25, -0.2) is 15.0 Å². The zero-order chi connectivity index (χ0) is 34.2. The molecule has 1 aromatic rings. The number of ether oxygens (including phenoxy) is 1. The summed E-state index contributed by atoms with van der Waals surface area (Å²) in [6.07, 6.45) is 8.02. The van der Waals surface area contributed by atoms with Crippen LogP contribution in [0.3, 0.4) is 0 Å². The van der Waals surface area contributed by atoms with Crippen LogP contribution in [0.5, 0.6) is 0 Å². The van der Waals surface area contributed by atoms with Crippen LogP contribution in [0.25, 0.3) is 5.57 Å². The van der Waals surface area contributed by atoms with Crippen molar-refractivity contribution >= 4 is 50.9 Å². The summed E-state index contributed by atoms with van der Waals surface area (Å²) in [6, 6.07) is 1.74. The van der Waals surface area contributed by atoms with Gasteiger partial charge in [-0.3, -0.25) is 9.59 Å². The summed E-state index contributed by atoms with van der Waals surface area (Å²) in [5, 5.41) is 15.3. The molecule has 8 bridgehead atoms. The van der Waals surface area contributed by atoms with Gasteiger partial charge >= 0.3 is 5.97 Å². The first-order valence-electron chi connectivity index (χ1n) is 16.1. The number of hydrogen-bond donors (Lipinski definition) is 4. The first-order valence-corrected chi connectivity index (χ1v) is 17.0. The Morgan fingerprint density at radius 3 is 2.46 bits per heavy atom. The largest absolute Gasteiger partial charge is 0.511 e. The van der Waals surface area contributed by atoms with Crippen molar-refractivity contribution in [3.05, 3.63) is 102 Å². The van der Waals surface area contributed by atoms with Crippen LogP contribution < -0.4 is 16.8 Å². The Hall–Kier alpha value is -5.03. The predicted molar refractivity (Wildman–Crippen MR) is 190 cm³/mol. The van der Waals surface area contributed by atoms with E-state index in [-0.39, 0.29) is 29.8 Å². The van der Waals surface area contributed by atoms with Crippen molar-refractivity contribution in [3.63, 3.8) is 0 Å². The van der Waals surface area contributed by atoms with Gasteiger partial charge in [-0.2, -0.15) is 0 Å². The van der Waals surface area contributed by atoms with E-state index in [0.29, 0.717) is 23.6 Å². The lowest BCUT2D eigenvalue weighted by molar-refractivity contribution is -0.140. The molecular formula is C37H38N6O4S. The second kappa shape index (κ2) is 11.6. The summed E-state index contributed by atoms with van der Waals surface area (Å²) >= 11 is 1.31. The molecule has 1 amide bonds. The molecule has 246 valence electrons. The summed E-state index contributed by atoms with van der Waals surface area (Å²) < 4.78 is 5.00. The average molecular weight is 663 g/mol. The molecular weight excluding hydrogens is 625 g/mol. The van der Waals surface area contributed by atoms with E-state index in [1.165, 1.54) is 18.4 Å². The zero-order valence-corrected chi connectivity index (χ0v) is 28.7. The highest BCUT2D eigenvalue weighted by molar-refractivity contribution is 7.17. The van der Waals surface area contributed by atoms with Crippen molar-refractivity contribution in [3.8, 4) is 0 Å². The molecule has 1 fully saturated rings. The molecule has 5 aliphatic heterocycles. The van der Waals surface area contributed by atoms with Crippen molar-refractivity contribution in [2.45, 2.75) is 60.3 Å². The van der Waals surface area contributed by atoms with Crippen molar-refractivity contribution in [2.75, 3.05) is 12.8 Å². The number of nitrogen functional groups attached to an aromatic ring is 1. The number of aliphatic hydroxyl groups is 1.